The van der Waals surface area contributed by atoms with Crippen molar-refractivity contribution < 1.29 is 18.7 Å². The number of carbonyl (C=O) groups is 1. The molecule has 0 amide bonds. The van der Waals surface area contributed by atoms with Gasteiger partial charge in [0, 0.05) is 16.1 Å². The molecule has 4 aromatic rings. The number of esters is 1. The second kappa shape index (κ2) is 10.6. The van der Waals surface area contributed by atoms with Gasteiger partial charge in [0.25, 0.3) is 5.56 Å². The zero-order chi connectivity index (χ0) is 27.0. The van der Waals surface area contributed by atoms with E-state index in [9.17, 15) is 9.59 Å². The highest BCUT2D eigenvalue weighted by atomic mass is 79.9. The van der Waals surface area contributed by atoms with Gasteiger partial charge >= 0.3 is 5.97 Å². The molecule has 2 aromatic heterocycles. The molecule has 3 heterocycles. The minimum Gasteiger partial charge on any atom is -0.497 e. The lowest BCUT2D eigenvalue weighted by molar-refractivity contribution is -0.143. The number of halogens is 1. The van der Waals surface area contributed by atoms with Crippen LogP contribution >= 0.6 is 27.3 Å². The van der Waals surface area contributed by atoms with E-state index >= 15 is 0 Å². The molecular weight excluding hydrogens is 568 g/mol. The number of methoxy groups -OCH3 is 1. The summed E-state index contributed by atoms with van der Waals surface area (Å²) in [5.74, 6) is 1.41. The number of allylic oxidation sites excluding steroid dienone is 1. The zero-order valence-corrected chi connectivity index (χ0v) is 23.6. The third kappa shape index (κ3) is 5.04. The highest BCUT2D eigenvalue weighted by molar-refractivity contribution is 9.10. The van der Waals surface area contributed by atoms with Crippen molar-refractivity contribution in [3.8, 4) is 17.1 Å². The molecule has 1 unspecified atom stereocenters. The highest BCUT2D eigenvalue weighted by Crippen LogP contribution is 2.32. The van der Waals surface area contributed by atoms with Crippen LogP contribution in [0, 0.1) is 0 Å². The van der Waals surface area contributed by atoms with Gasteiger partial charge in [0.15, 0.2) is 4.80 Å². The number of nitrogens with zero attached hydrogens (tertiary/aromatic N) is 2. The average molecular weight is 593 g/mol. The molecule has 0 aliphatic carbocycles. The number of hydrogen-bond donors (Lipinski definition) is 0. The Bertz CT molecular complexity index is 1730. The first-order valence-electron chi connectivity index (χ1n) is 12.0. The van der Waals surface area contributed by atoms with Crippen molar-refractivity contribution in [2.75, 3.05) is 7.11 Å². The van der Waals surface area contributed by atoms with Crippen molar-refractivity contribution in [1.82, 2.24) is 4.57 Å². The molecule has 2 aromatic carbocycles. The van der Waals surface area contributed by atoms with Crippen LogP contribution in [-0.2, 0) is 9.53 Å². The maximum atomic E-state index is 13.8. The molecule has 38 heavy (non-hydrogen) atoms. The van der Waals surface area contributed by atoms with Gasteiger partial charge in [-0.05, 0) is 62.7 Å². The molecule has 5 rings (SSSR count). The standard InChI is InChI=1S/C29H25BrN2O5S/c1-16(2)36-28(34)25-17(3)31-29-32(26(25)18-8-10-21(35-4)11-9-18)27(33)24(38-29)15-22-12-13-23(37-22)19-6-5-7-20(30)14-19/h5-16,26H,1-4H3/b24-15+. The van der Waals surface area contributed by atoms with Crippen LogP contribution in [0.1, 0.15) is 38.1 Å². The molecule has 7 nitrogen and oxygen atoms in total. The fourth-order valence-corrected chi connectivity index (χ4v) is 5.74. The summed E-state index contributed by atoms with van der Waals surface area (Å²) >= 11 is 4.73. The lowest BCUT2D eigenvalue weighted by Crippen LogP contribution is -2.40. The number of furan rings is 1. The van der Waals surface area contributed by atoms with Crippen LogP contribution in [0.3, 0.4) is 0 Å². The van der Waals surface area contributed by atoms with Crippen molar-refractivity contribution in [3.05, 3.63) is 107 Å². The molecule has 1 aliphatic rings. The molecule has 0 N–H and O–H groups in total. The van der Waals surface area contributed by atoms with E-state index in [0.29, 0.717) is 37.9 Å². The first kappa shape index (κ1) is 25.9. The summed E-state index contributed by atoms with van der Waals surface area (Å²) in [6.07, 6.45) is 1.39. The summed E-state index contributed by atoms with van der Waals surface area (Å²) in [6, 6.07) is 18.1. The van der Waals surface area contributed by atoms with Gasteiger partial charge in [0.2, 0.25) is 0 Å². The van der Waals surface area contributed by atoms with E-state index in [4.69, 9.17) is 13.9 Å². The van der Waals surface area contributed by atoms with E-state index in [1.165, 1.54) is 11.3 Å². The molecule has 0 fully saturated rings. The van der Waals surface area contributed by atoms with Gasteiger partial charge in [-0.15, -0.1) is 0 Å². The topological polar surface area (TPSA) is 83.0 Å². The second-order valence-corrected chi connectivity index (χ2v) is 10.9. The Balaban J connectivity index is 1.63. The van der Waals surface area contributed by atoms with Crippen LogP contribution < -0.4 is 19.6 Å². The summed E-state index contributed by atoms with van der Waals surface area (Å²) in [4.78, 5) is 32.1. The van der Waals surface area contributed by atoms with E-state index in [0.717, 1.165) is 15.6 Å². The van der Waals surface area contributed by atoms with Crippen molar-refractivity contribution in [2.24, 2.45) is 4.99 Å². The summed E-state index contributed by atoms with van der Waals surface area (Å²) < 4.78 is 19.8. The monoisotopic (exact) mass is 592 g/mol. The molecule has 194 valence electrons. The Morgan fingerprint density at radius 2 is 1.92 bits per heavy atom. The summed E-state index contributed by atoms with van der Waals surface area (Å²) in [6.45, 7) is 5.34. The minimum atomic E-state index is -0.695. The maximum Gasteiger partial charge on any atom is 0.338 e. The molecule has 0 saturated carbocycles. The van der Waals surface area contributed by atoms with Crippen LogP contribution in [0.2, 0.25) is 0 Å². The fraction of sp³-hybridized carbons (Fsp3) is 0.207. The lowest BCUT2D eigenvalue weighted by atomic mass is 9.96. The number of benzene rings is 2. The van der Waals surface area contributed by atoms with Crippen molar-refractivity contribution >= 4 is 39.3 Å². The first-order valence-corrected chi connectivity index (χ1v) is 13.6. The van der Waals surface area contributed by atoms with Gasteiger partial charge in [-0.2, -0.15) is 0 Å². The number of fused-ring (bicyclic) bond motifs is 1. The molecule has 0 saturated heterocycles. The van der Waals surface area contributed by atoms with Gasteiger partial charge in [0.1, 0.15) is 17.3 Å². The Labute approximate surface area is 231 Å². The number of thiazole rings is 1. The van der Waals surface area contributed by atoms with Crippen LogP contribution in [0.4, 0.5) is 0 Å². The first-order chi connectivity index (χ1) is 18.2. The van der Waals surface area contributed by atoms with Gasteiger partial charge < -0.3 is 13.9 Å². The van der Waals surface area contributed by atoms with Crippen LogP contribution in [-0.4, -0.2) is 23.8 Å². The number of aromatic nitrogens is 1. The molecule has 1 atom stereocenters. The van der Waals surface area contributed by atoms with Gasteiger partial charge in [-0.25, -0.2) is 9.79 Å². The van der Waals surface area contributed by atoms with Gasteiger partial charge in [-0.3, -0.25) is 9.36 Å². The minimum absolute atomic E-state index is 0.266. The Hall–Kier alpha value is -3.69. The normalized spacial score (nSPS) is 15.4. The third-order valence-corrected chi connectivity index (χ3v) is 7.50. The van der Waals surface area contributed by atoms with Crippen molar-refractivity contribution in [1.29, 1.82) is 0 Å². The van der Waals surface area contributed by atoms with E-state index in [2.05, 4.69) is 20.9 Å². The van der Waals surface area contributed by atoms with Gasteiger partial charge in [-0.1, -0.05) is 51.5 Å². The summed E-state index contributed by atoms with van der Waals surface area (Å²) in [5.41, 5.74) is 2.25. The Morgan fingerprint density at radius 1 is 1.16 bits per heavy atom. The highest BCUT2D eigenvalue weighted by Gasteiger charge is 2.33. The number of ether oxygens (including phenoxy) is 2. The van der Waals surface area contributed by atoms with E-state index in [1.54, 1.807) is 50.7 Å². The molecule has 9 heteroatoms. The van der Waals surface area contributed by atoms with Crippen molar-refractivity contribution in [3.63, 3.8) is 0 Å². The van der Waals surface area contributed by atoms with Crippen LogP contribution in [0.25, 0.3) is 17.4 Å². The molecule has 0 bridgehead atoms. The van der Waals surface area contributed by atoms with E-state index < -0.39 is 12.0 Å². The second-order valence-electron chi connectivity index (χ2n) is 9.02. The smallest absolute Gasteiger partial charge is 0.338 e. The molecule has 0 spiro atoms. The van der Waals surface area contributed by atoms with E-state index in [-0.39, 0.29) is 11.7 Å². The molecular formula is C29H25BrN2O5S. The quantitative estimate of drug-likeness (QED) is 0.287. The largest absolute Gasteiger partial charge is 0.497 e. The number of hydrogen-bond acceptors (Lipinski definition) is 7. The number of carbonyl (C=O) groups excluding carboxylic acids is 1. The summed E-state index contributed by atoms with van der Waals surface area (Å²) in [5, 5.41) is 0. The SMILES string of the molecule is COc1ccc(C2C(C(=O)OC(C)C)=C(C)N=c3s/c(=C/c4ccc(-c5cccc(Br)c5)o4)c(=O)n32)cc1. The predicted octanol–water partition coefficient (Wildman–Crippen LogP) is 5.22. The zero-order valence-electron chi connectivity index (χ0n) is 21.2. The number of rotatable bonds is 6. The van der Waals surface area contributed by atoms with Crippen molar-refractivity contribution in [2.45, 2.75) is 32.9 Å². The van der Waals surface area contributed by atoms with Crippen LogP contribution in [0.5, 0.6) is 5.75 Å². The lowest BCUT2D eigenvalue weighted by Gasteiger charge is -2.25. The van der Waals surface area contributed by atoms with Gasteiger partial charge in [0.05, 0.1) is 35.1 Å². The van der Waals surface area contributed by atoms with Crippen LogP contribution in [0.15, 0.2) is 90.6 Å². The molecule has 1 aliphatic heterocycles. The predicted molar refractivity (Wildman–Crippen MR) is 150 cm³/mol. The average Bonchev–Trinajstić information content (AvgIpc) is 3.47. The Kier molecular flexibility index (Phi) is 7.23. The molecule has 0 radical (unpaired) electrons. The maximum absolute atomic E-state index is 13.8. The third-order valence-electron chi connectivity index (χ3n) is 6.03. The fourth-order valence-electron chi connectivity index (χ4n) is 4.32. The Morgan fingerprint density at radius 3 is 2.61 bits per heavy atom. The summed E-state index contributed by atoms with van der Waals surface area (Å²) in [7, 11) is 1.59. The van der Waals surface area contributed by atoms with E-state index in [1.807, 2.05) is 48.5 Å².